The van der Waals surface area contributed by atoms with E-state index in [4.69, 9.17) is 4.74 Å². The van der Waals surface area contributed by atoms with Crippen molar-refractivity contribution in [2.75, 3.05) is 6.54 Å². The summed E-state index contributed by atoms with van der Waals surface area (Å²) in [5.74, 6) is -1.18. The Balaban J connectivity index is 1.53. The van der Waals surface area contributed by atoms with E-state index in [0.717, 1.165) is 14.9 Å². The summed E-state index contributed by atoms with van der Waals surface area (Å²) in [6.45, 7) is 0.180. The number of halogens is 1. The molecule has 1 aliphatic heterocycles. The first kappa shape index (κ1) is 16.4. The van der Waals surface area contributed by atoms with E-state index in [-0.39, 0.29) is 31.4 Å². The summed E-state index contributed by atoms with van der Waals surface area (Å²) in [7, 11) is 0. The van der Waals surface area contributed by atoms with E-state index in [9.17, 15) is 14.4 Å². The Morgan fingerprint density at radius 1 is 0.958 bits per heavy atom. The fourth-order valence-corrected chi connectivity index (χ4v) is 2.73. The van der Waals surface area contributed by atoms with Gasteiger partial charge in [-0.3, -0.25) is 19.3 Å². The van der Waals surface area contributed by atoms with Gasteiger partial charge in [0.25, 0.3) is 11.8 Å². The van der Waals surface area contributed by atoms with Gasteiger partial charge in [0, 0.05) is 11.0 Å². The average Bonchev–Trinajstić information content (AvgIpc) is 2.84. The number of carbonyl (C=O) groups excluding carboxylic acids is 3. The third kappa shape index (κ3) is 3.38. The van der Waals surface area contributed by atoms with Crippen molar-refractivity contribution in [2.24, 2.45) is 0 Å². The van der Waals surface area contributed by atoms with Crippen molar-refractivity contribution in [3.05, 3.63) is 69.7 Å². The minimum Gasteiger partial charge on any atom is -0.461 e. The van der Waals surface area contributed by atoms with Gasteiger partial charge >= 0.3 is 5.97 Å². The zero-order valence-corrected chi connectivity index (χ0v) is 14.3. The smallest absolute Gasteiger partial charge is 0.307 e. The summed E-state index contributed by atoms with van der Waals surface area (Å²) in [5, 5.41) is 0. The highest BCUT2D eigenvalue weighted by molar-refractivity contribution is 9.10. The van der Waals surface area contributed by atoms with Crippen LogP contribution < -0.4 is 0 Å². The van der Waals surface area contributed by atoms with E-state index >= 15 is 0 Å². The largest absolute Gasteiger partial charge is 0.461 e. The highest BCUT2D eigenvalue weighted by atomic mass is 79.9. The lowest BCUT2D eigenvalue weighted by molar-refractivity contribution is -0.145. The zero-order chi connectivity index (χ0) is 17.1. The second kappa shape index (κ2) is 6.97. The summed E-state index contributed by atoms with van der Waals surface area (Å²) in [6.07, 6.45) is -0.0258. The van der Waals surface area contributed by atoms with Gasteiger partial charge in [-0.15, -0.1) is 0 Å². The van der Waals surface area contributed by atoms with Gasteiger partial charge in [0.2, 0.25) is 0 Å². The Hall–Kier alpha value is -2.47. The number of benzene rings is 2. The normalized spacial score (nSPS) is 13.1. The number of fused-ring (bicyclic) bond motifs is 1. The third-order valence-corrected chi connectivity index (χ3v) is 4.26. The number of hydrogen-bond donors (Lipinski definition) is 0. The van der Waals surface area contributed by atoms with E-state index in [2.05, 4.69) is 15.9 Å². The average molecular weight is 388 g/mol. The van der Waals surface area contributed by atoms with E-state index in [1.807, 2.05) is 24.3 Å². The van der Waals surface area contributed by atoms with Crippen molar-refractivity contribution in [1.29, 1.82) is 0 Å². The monoisotopic (exact) mass is 387 g/mol. The molecule has 1 aliphatic rings. The molecule has 2 amide bonds. The molecule has 0 bridgehead atoms. The molecule has 122 valence electrons. The van der Waals surface area contributed by atoms with Crippen LogP contribution in [-0.2, 0) is 16.1 Å². The van der Waals surface area contributed by atoms with Gasteiger partial charge in [-0.2, -0.15) is 0 Å². The molecule has 0 unspecified atom stereocenters. The molecule has 0 aromatic heterocycles. The molecule has 0 N–H and O–H groups in total. The molecular weight excluding hydrogens is 374 g/mol. The molecule has 3 rings (SSSR count). The van der Waals surface area contributed by atoms with Crippen molar-refractivity contribution in [3.63, 3.8) is 0 Å². The highest BCUT2D eigenvalue weighted by Gasteiger charge is 2.35. The van der Waals surface area contributed by atoms with Crippen LogP contribution in [0.5, 0.6) is 0 Å². The molecule has 2 aromatic rings. The minimum atomic E-state index is -0.450. The van der Waals surface area contributed by atoms with Crippen molar-refractivity contribution in [1.82, 2.24) is 4.90 Å². The number of nitrogens with zero attached hydrogens (tertiary/aromatic N) is 1. The number of ether oxygens (including phenoxy) is 1. The topological polar surface area (TPSA) is 63.7 Å². The number of rotatable bonds is 5. The Labute approximate surface area is 147 Å². The van der Waals surface area contributed by atoms with Gasteiger partial charge in [0.15, 0.2) is 0 Å². The fraction of sp³-hybridized carbons (Fsp3) is 0.167. The van der Waals surface area contributed by atoms with Gasteiger partial charge in [-0.05, 0) is 29.8 Å². The molecule has 2 aromatic carbocycles. The number of hydrogen-bond acceptors (Lipinski definition) is 4. The van der Waals surface area contributed by atoms with Crippen molar-refractivity contribution >= 4 is 33.7 Å². The lowest BCUT2D eigenvalue weighted by Crippen LogP contribution is -2.32. The number of esters is 1. The van der Waals surface area contributed by atoms with Crippen LogP contribution in [-0.4, -0.2) is 29.2 Å². The lowest BCUT2D eigenvalue weighted by atomic mass is 10.1. The molecule has 6 heteroatoms. The maximum absolute atomic E-state index is 12.2. The van der Waals surface area contributed by atoms with Gasteiger partial charge in [0.1, 0.15) is 6.61 Å². The first-order valence-corrected chi connectivity index (χ1v) is 8.21. The van der Waals surface area contributed by atoms with Gasteiger partial charge in [0.05, 0.1) is 17.5 Å². The van der Waals surface area contributed by atoms with Gasteiger partial charge in [-0.1, -0.05) is 40.2 Å². The maximum atomic E-state index is 12.2. The van der Waals surface area contributed by atoms with Crippen LogP contribution in [0.3, 0.4) is 0 Å². The van der Waals surface area contributed by atoms with Crippen molar-refractivity contribution in [3.8, 4) is 0 Å². The molecule has 0 fully saturated rings. The summed E-state index contributed by atoms with van der Waals surface area (Å²) < 4.78 is 6.12. The first-order chi connectivity index (χ1) is 11.6. The van der Waals surface area contributed by atoms with Gasteiger partial charge in [-0.25, -0.2) is 0 Å². The summed E-state index contributed by atoms with van der Waals surface area (Å²) in [5.41, 5.74) is 1.63. The van der Waals surface area contributed by atoms with Crippen molar-refractivity contribution < 1.29 is 19.1 Å². The maximum Gasteiger partial charge on any atom is 0.307 e. The minimum absolute atomic E-state index is 0.0194. The molecule has 0 spiro atoms. The molecular formula is C18H14BrNO4. The number of carbonyl (C=O) groups is 3. The highest BCUT2D eigenvalue weighted by Crippen LogP contribution is 2.22. The molecule has 0 saturated carbocycles. The SMILES string of the molecule is O=C(CCN1C(=O)c2ccccc2C1=O)OCc1ccc(Br)cc1. The predicted octanol–water partition coefficient (Wildman–Crippen LogP) is 3.18. The van der Waals surface area contributed by atoms with E-state index in [1.54, 1.807) is 24.3 Å². The second-order valence-electron chi connectivity index (χ2n) is 5.34. The van der Waals surface area contributed by atoms with Crippen LogP contribution in [0, 0.1) is 0 Å². The Kier molecular flexibility index (Phi) is 4.76. The van der Waals surface area contributed by atoms with Crippen LogP contribution >= 0.6 is 15.9 Å². The van der Waals surface area contributed by atoms with Crippen LogP contribution in [0.1, 0.15) is 32.7 Å². The van der Waals surface area contributed by atoms with Crippen LogP contribution in [0.4, 0.5) is 0 Å². The van der Waals surface area contributed by atoms with Gasteiger partial charge < -0.3 is 4.74 Å². The molecule has 24 heavy (non-hydrogen) atoms. The predicted molar refractivity (Wildman–Crippen MR) is 90.4 cm³/mol. The fourth-order valence-electron chi connectivity index (χ4n) is 2.46. The van der Waals surface area contributed by atoms with Crippen LogP contribution in [0.25, 0.3) is 0 Å². The quantitative estimate of drug-likeness (QED) is 0.583. The molecule has 0 radical (unpaired) electrons. The summed E-state index contributed by atoms with van der Waals surface area (Å²) in [4.78, 5) is 37.3. The van der Waals surface area contributed by atoms with E-state index in [0.29, 0.717) is 11.1 Å². The number of imide groups is 1. The first-order valence-electron chi connectivity index (χ1n) is 7.41. The molecule has 5 nitrogen and oxygen atoms in total. The lowest BCUT2D eigenvalue weighted by Gasteiger charge is -2.13. The van der Waals surface area contributed by atoms with Crippen molar-refractivity contribution in [2.45, 2.75) is 13.0 Å². The third-order valence-electron chi connectivity index (χ3n) is 3.73. The second-order valence-corrected chi connectivity index (χ2v) is 6.26. The molecule has 0 atom stereocenters. The van der Waals surface area contributed by atoms with E-state index < -0.39 is 5.97 Å². The Morgan fingerprint density at radius 3 is 2.12 bits per heavy atom. The standard InChI is InChI=1S/C18H14BrNO4/c19-13-7-5-12(6-8-13)11-24-16(21)9-10-20-17(22)14-3-1-2-4-15(14)18(20)23/h1-8H,9-11H2. The Morgan fingerprint density at radius 2 is 1.54 bits per heavy atom. The van der Waals surface area contributed by atoms with Crippen LogP contribution in [0.2, 0.25) is 0 Å². The van der Waals surface area contributed by atoms with Crippen LogP contribution in [0.15, 0.2) is 53.0 Å². The summed E-state index contributed by atoms with van der Waals surface area (Å²) >= 11 is 3.33. The summed E-state index contributed by atoms with van der Waals surface area (Å²) in [6, 6.07) is 14.1. The zero-order valence-electron chi connectivity index (χ0n) is 12.7. The molecule has 0 aliphatic carbocycles. The molecule has 1 heterocycles. The number of amides is 2. The molecule has 0 saturated heterocycles. The Bertz CT molecular complexity index is 766. The van der Waals surface area contributed by atoms with E-state index in [1.165, 1.54) is 0 Å².